The van der Waals surface area contributed by atoms with Gasteiger partial charge in [0.2, 0.25) is 0 Å². The van der Waals surface area contributed by atoms with Gasteiger partial charge in [0.15, 0.2) is 0 Å². The van der Waals surface area contributed by atoms with Crippen molar-refractivity contribution in [2.45, 2.75) is 51.9 Å². The fourth-order valence-electron chi connectivity index (χ4n) is 1.32. The van der Waals surface area contributed by atoms with Gasteiger partial charge in [0.05, 0.1) is 12.5 Å². The molecule has 0 aromatic carbocycles. The van der Waals surface area contributed by atoms with Crippen LogP contribution in [0.2, 0.25) is 0 Å². The van der Waals surface area contributed by atoms with Crippen LogP contribution in [-0.4, -0.2) is 12.6 Å². The molecule has 0 amide bonds. The van der Waals surface area contributed by atoms with Crippen molar-refractivity contribution in [3.63, 3.8) is 0 Å². The van der Waals surface area contributed by atoms with Gasteiger partial charge in [0, 0.05) is 0 Å². The predicted molar refractivity (Wildman–Crippen MR) is 52.4 cm³/mol. The van der Waals surface area contributed by atoms with Gasteiger partial charge in [-0.15, -0.1) is 0 Å². The van der Waals surface area contributed by atoms with Gasteiger partial charge in [-0.1, -0.05) is 32.6 Å². The molecule has 2 heteroatoms. The lowest BCUT2D eigenvalue weighted by Gasteiger charge is -2.02. The molecular formula is C11H20O2. The predicted octanol–water partition coefficient (Wildman–Crippen LogP) is 2.91. The summed E-state index contributed by atoms with van der Waals surface area (Å²) in [6, 6.07) is 0. The molecule has 1 aliphatic rings. The summed E-state index contributed by atoms with van der Waals surface area (Å²) in [6.07, 6.45) is 8.18. The van der Waals surface area contributed by atoms with Crippen LogP contribution < -0.4 is 0 Å². The van der Waals surface area contributed by atoms with E-state index < -0.39 is 0 Å². The third-order valence-electron chi connectivity index (χ3n) is 2.40. The molecule has 0 bridgehead atoms. The Bertz CT molecular complexity index is 150. The summed E-state index contributed by atoms with van der Waals surface area (Å²) >= 11 is 0. The van der Waals surface area contributed by atoms with Crippen LogP contribution in [0.1, 0.15) is 51.9 Å². The SMILES string of the molecule is CCCCCCCOC(=O)C1CC1. The third-order valence-corrected chi connectivity index (χ3v) is 2.40. The molecule has 1 rings (SSSR count). The van der Waals surface area contributed by atoms with Crippen LogP contribution in [0.4, 0.5) is 0 Å². The minimum absolute atomic E-state index is 0.0375. The highest BCUT2D eigenvalue weighted by atomic mass is 16.5. The van der Waals surface area contributed by atoms with E-state index in [2.05, 4.69) is 6.92 Å². The van der Waals surface area contributed by atoms with Gasteiger partial charge in [-0.25, -0.2) is 0 Å². The van der Waals surface area contributed by atoms with Crippen molar-refractivity contribution in [3.05, 3.63) is 0 Å². The Morgan fingerprint density at radius 2 is 1.92 bits per heavy atom. The first-order valence-electron chi connectivity index (χ1n) is 5.51. The summed E-state index contributed by atoms with van der Waals surface area (Å²) in [6.45, 7) is 2.84. The summed E-state index contributed by atoms with van der Waals surface area (Å²) in [7, 11) is 0. The first-order chi connectivity index (χ1) is 6.34. The molecule has 1 saturated carbocycles. The van der Waals surface area contributed by atoms with E-state index in [4.69, 9.17) is 4.74 Å². The first kappa shape index (κ1) is 10.6. The van der Waals surface area contributed by atoms with Crippen LogP contribution in [-0.2, 0) is 9.53 Å². The van der Waals surface area contributed by atoms with Gasteiger partial charge in [0.1, 0.15) is 0 Å². The topological polar surface area (TPSA) is 26.3 Å². The van der Waals surface area contributed by atoms with Gasteiger partial charge >= 0.3 is 5.97 Å². The largest absolute Gasteiger partial charge is 0.465 e. The Hall–Kier alpha value is -0.530. The highest BCUT2D eigenvalue weighted by molar-refractivity contribution is 5.74. The maximum Gasteiger partial charge on any atom is 0.308 e. The number of hydrogen-bond donors (Lipinski definition) is 0. The smallest absolute Gasteiger partial charge is 0.308 e. The summed E-state index contributed by atoms with van der Waals surface area (Å²) in [4.78, 5) is 11.1. The molecule has 0 atom stereocenters. The highest BCUT2D eigenvalue weighted by Crippen LogP contribution is 2.30. The quantitative estimate of drug-likeness (QED) is 0.449. The van der Waals surface area contributed by atoms with E-state index in [0.717, 1.165) is 19.3 Å². The minimum Gasteiger partial charge on any atom is -0.465 e. The van der Waals surface area contributed by atoms with Crippen molar-refractivity contribution in [1.82, 2.24) is 0 Å². The van der Waals surface area contributed by atoms with E-state index in [-0.39, 0.29) is 11.9 Å². The second-order valence-electron chi connectivity index (χ2n) is 3.86. The number of unbranched alkanes of at least 4 members (excludes halogenated alkanes) is 4. The van der Waals surface area contributed by atoms with Crippen molar-refractivity contribution in [2.24, 2.45) is 5.92 Å². The maximum atomic E-state index is 11.1. The van der Waals surface area contributed by atoms with Crippen LogP contribution >= 0.6 is 0 Å². The second kappa shape index (κ2) is 6.01. The Balaban J connectivity index is 1.80. The average molecular weight is 184 g/mol. The molecule has 0 aromatic rings. The average Bonchev–Trinajstić information content (AvgIpc) is 2.93. The van der Waals surface area contributed by atoms with Crippen molar-refractivity contribution in [1.29, 1.82) is 0 Å². The Morgan fingerprint density at radius 1 is 1.23 bits per heavy atom. The Kier molecular flexibility index (Phi) is 4.87. The molecule has 0 saturated heterocycles. The van der Waals surface area contributed by atoms with Crippen molar-refractivity contribution < 1.29 is 9.53 Å². The number of ether oxygens (including phenoxy) is 1. The zero-order valence-corrected chi connectivity index (χ0v) is 8.55. The van der Waals surface area contributed by atoms with Gasteiger partial charge in [-0.05, 0) is 19.3 Å². The highest BCUT2D eigenvalue weighted by Gasteiger charge is 2.30. The summed E-state index contributed by atoms with van der Waals surface area (Å²) in [5, 5.41) is 0. The van der Waals surface area contributed by atoms with E-state index >= 15 is 0 Å². The second-order valence-corrected chi connectivity index (χ2v) is 3.86. The normalized spacial score (nSPS) is 15.8. The lowest BCUT2D eigenvalue weighted by molar-refractivity contribution is -0.145. The fraction of sp³-hybridized carbons (Fsp3) is 0.909. The van der Waals surface area contributed by atoms with Gasteiger partial charge in [-0.2, -0.15) is 0 Å². The van der Waals surface area contributed by atoms with E-state index in [0.29, 0.717) is 6.61 Å². The zero-order chi connectivity index (χ0) is 9.52. The zero-order valence-electron chi connectivity index (χ0n) is 8.55. The molecule has 0 spiro atoms. The summed E-state index contributed by atoms with van der Waals surface area (Å²) in [5.74, 6) is 0.297. The van der Waals surface area contributed by atoms with Gasteiger partial charge in [0.25, 0.3) is 0 Å². The molecule has 0 radical (unpaired) electrons. The molecule has 0 aliphatic heterocycles. The molecule has 1 fully saturated rings. The lowest BCUT2D eigenvalue weighted by atomic mass is 10.2. The summed E-state index contributed by atoms with van der Waals surface area (Å²) in [5.41, 5.74) is 0. The van der Waals surface area contributed by atoms with Gasteiger partial charge < -0.3 is 4.74 Å². The van der Waals surface area contributed by atoms with Crippen LogP contribution in [0.5, 0.6) is 0 Å². The lowest BCUT2D eigenvalue weighted by Crippen LogP contribution is -2.07. The van der Waals surface area contributed by atoms with Crippen LogP contribution in [0.15, 0.2) is 0 Å². The Labute approximate surface area is 80.7 Å². The van der Waals surface area contributed by atoms with Crippen LogP contribution in [0.3, 0.4) is 0 Å². The molecule has 0 heterocycles. The molecule has 2 nitrogen and oxygen atoms in total. The van der Waals surface area contributed by atoms with Crippen molar-refractivity contribution in [2.75, 3.05) is 6.61 Å². The maximum absolute atomic E-state index is 11.1. The van der Waals surface area contributed by atoms with Crippen molar-refractivity contribution in [3.8, 4) is 0 Å². The summed E-state index contributed by atoms with van der Waals surface area (Å²) < 4.78 is 5.11. The molecular weight excluding hydrogens is 164 g/mol. The van der Waals surface area contributed by atoms with E-state index in [1.807, 2.05) is 0 Å². The third kappa shape index (κ3) is 4.91. The number of carbonyl (C=O) groups excluding carboxylic acids is 1. The van der Waals surface area contributed by atoms with E-state index in [1.54, 1.807) is 0 Å². The minimum atomic E-state index is 0.0375. The molecule has 76 valence electrons. The van der Waals surface area contributed by atoms with Crippen LogP contribution in [0.25, 0.3) is 0 Å². The monoisotopic (exact) mass is 184 g/mol. The number of esters is 1. The first-order valence-corrected chi connectivity index (χ1v) is 5.51. The number of rotatable bonds is 7. The number of hydrogen-bond acceptors (Lipinski definition) is 2. The van der Waals surface area contributed by atoms with Crippen molar-refractivity contribution >= 4 is 5.97 Å². The molecule has 13 heavy (non-hydrogen) atoms. The molecule has 1 aliphatic carbocycles. The molecule has 0 unspecified atom stereocenters. The Morgan fingerprint density at radius 3 is 2.54 bits per heavy atom. The molecule has 0 aromatic heterocycles. The number of carbonyl (C=O) groups is 1. The van der Waals surface area contributed by atoms with Gasteiger partial charge in [-0.3, -0.25) is 4.79 Å². The molecule has 0 N–H and O–H groups in total. The van der Waals surface area contributed by atoms with E-state index in [9.17, 15) is 4.79 Å². The fourth-order valence-corrected chi connectivity index (χ4v) is 1.32. The van der Waals surface area contributed by atoms with Crippen LogP contribution in [0, 0.1) is 5.92 Å². The van der Waals surface area contributed by atoms with E-state index in [1.165, 1.54) is 25.7 Å². The standard InChI is InChI=1S/C11H20O2/c1-2-3-4-5-6-9-13-11(12)10-7-8-10/h10H,2-9H2,1H3.